The molecule has 0 spiro atoms. The summed E-state index contributed by atoms with van der Waals surface area (Å²) in [6.45, 7) is 0.637. The first-order valence-corrected chi connectivity index (χ1v) is 7.01. The van der Waals surface area contributed by atoms with Crippen LogP contribution in [0.5, 0.6) is 0 Å². The van der Waals surface area contributed by atoms with E-state index in [-0.39, 0.29) is 0 Å². The van der Waals surface area contributed by atoms with Crippen molar-refractivity contribution >= 4 is 61.7 Å². The highest BCUT2D eigenvalue weighted by atomic mass is 127. The van der Waals surface area contributed by atoms with E-state index in [0.717, 1.165) is 13.7 Å². The molecule has 0 N–H and O–H groups in total. The summed E-state index contributed by atoms with van der Waals surface area (Å²) >= 11 is 17.5. The molecule has 84 valence electrons. The molecule has 2 nitrogen and oxygen atoms in total. The van der Waals surface area contributed by atoms with E-state index in [1.807, 2.05) is 23.0 Å². The van der Waals surface area contributed by atoms with Gasteiger partial charge in [-0.2, -0.15) is 5.10 Å². The first kappa shape index (κ1) is 12.7. The Morgan fingerprint density at radius 1 is 1.38 bits per heavy atom. The maximum atomic E-state index is 6.09. The fourth-order valence-electron chi connectivity index (χ4n) is 1.28. The Kier molecular flexibility index (Phi) is 4.15. The van der Waals surface area contributed by atoms with E-state index in [1.165, 1.54) is 0 Å². The number of nitrogens with zero attached hydrogens (tertiary/aromatic N) is 2. The minimum absolute atomic E-state index is 0.637. The van der Waals surface area contributed by atoms with Crippen molar-refractivity contribution in [2.45, 2.75) is 6.54 Å². The lowest BCUT2D eigenvalue weighted by Gasteiger charge is -2.04. The van der Waals surface area contributed by atoms with Gasteiger partial charge in [0.05, 0.1) is 11.0 Å². The number of benzene rings is 1. The molecular weight excluding hydrogens is 426 g/mol. The van der Waals surface area contributed by atoms with Crippen molar-refractivity contribution in [1.82, 2.24) is 9.78 Å². The van der Waals surface area contributed by atoms with Gasteiger partial charge in [-0.3, -0.25) is 4.68 Å². The van der Waals surface area contributed by atoms with Gasteiger partial charge in [-0.25, -0.2) is 0 Å². The Balaban J connectivity index is 2.27. The van der Waals surface area contributed by atoms with Crippen LogP contribution >= 0.6 is 61.7 Å². The number of halogens is 4. The SMILES string of the molecule is Clc1ccc(Cn2cc(Br)c(I)n2)c(Cl)c1. The van der Waals surface area contributed by atoms with Gasteiger partial charge in [-0.1, -0.05) is 29.3 Å². The van der Waals surface area contributed by atoms with Crippen molar-refractivity contribution in [1.29, 1.82) is 0 Å². The van der Waals surface area contributed by atoms with Gasteiger partial charge >= 0.3 is 0 Å². The largest absolute Gasteiger partial charge is 0.266 e. The second kappa shape index (κ2) is 5.25. The lowest BCUT2D eigenvalue weighted by molar-refractivity contribution is 0.681. The standard InChI is InChI=1S/C10H6BrCl2IN2/c11-8-5-16(15-10(8)14)4-6-1-2-7(12)3-9(6)13/h1-3,5H,4H2. The van der Waals surface area contributed by atoms with Gasteiger partial charge in [-0.05, 0) is 56.2 Å². The van der Waals surface area contributed by atoms with E-state index >= 15 is 0 Å². The molecule has 0 atom stereocenters. The fraction of sp³-hybridized carbons (Fsp3) is 0.100. The third-order valence-electron chi connectivity index (χ3n) is 2.02. The van der Waals surface area contributed by atoms with Crippen LogP contribution in [0.4, 0.5) is 0 Å². The number of rotatable bonds is 2. The summed E-state index contributed by atoms with van der Waals surface area (Å²) in [4.78, 5) is 0. The second-order valence-corrected chi connectivity index (χ2v) is 5.92. The molecule has 2 aromatic rings. The smallest absolute Gasteiger partial charge is 0.137 e. The van der Waals surface area contributed by atoms with Crippen molar-refractivity contribution < 1.29 is 0 Å². The van der Waals surface area contributed by atoms with Crippen molar-refractivity contribution in [2.75, 3.05) is 0 Å². The zero-order valence-corrected chi connectivity index (χ0v) is 13.2. The quantitative estimate of drug-likeness (QED) is 0.635. The highest BCUT2D eigenvalue weighted by molar-refractivity contribution is 14.1. The minimum Gasteiger partial charge on any atom is -0.266 e. The number of hydrogen-bond donors (Lipinski definition) is 0. The van der Waals surface area contributed by atoms with Crippen LogP contribution in [0.2, 0.25) is 10.0 Å². The first-order chi connectivity index (χ1) is 7.56. The van der Waals surface area contributed by atoms with Crippen LogP contribution in [0, 0.1) is 3.70 Å². The van der Waals surface area contributed by atoms with Crippen LogP contribution in [0.25, 0.3) is 0 Å². The predicted octanol–water partition coefficient (Wildman–Crippen LogP) is 4.61. The van der Waals surface area contributed by atoms with Gasteiger partial charge in [0.1, 0.15) is 3.70 Å². The Morgan fingerprint density at radius 2 is 2.12 bits per heavy atom. The summed E-state index contributed by atoms with van der Waals surface area (Å²) in [7, 11) is 0. The predicted molar refractivity (Wildman–Crippen MR) is 78.2 cm³/mol. The van der Waals surface area contributed by atoms with Gasteiger partial charge in [0.15, 0.2) is 0 Å². The normalized spacial score (nSPS) is 10.8. The van der Waals surface area contributed by atoms with E-state index in [2.05, 4.69) is 43.6 Å². The van der Waals surface area contributed by atoms with Crippen LogP contribution in [-0.4, -0.2) is 9.78 Å². The molecule has 0 aliphatic heterocycles. The van der Waals surface area contributed by atoms with Crippen molar-refractivity contribution in [3.8, 4) is 0 Å². The summed E-state index contributed by atoms with van der Waals surface area (Å²) in [5.74, 6) is 0. The minimum atomic E-state index is 0.637. The number of hydrogen-bond acceptors (Lipinski definition) is 1. The highest BCUT2D eigenvalue weighted by Crippen LogP contribution is 2.23. The van der Waals surface area contributed by atoms with Gasteiger partial charge in [0, 0.05) is 16.2 Å². The average Bonchev–Trinajstić information content (AvgIpc) is 2.51. The zero-order valence-electron chi connectivity index (χ0n) is 7.92. The molecule has 1 aromatic heterocycles. The van der Waals surface area contributed by atoms with Crippen LogP contribution in [0.3, 0.4) is 0 Å². The van der Waals surface area contributed by atoms with Crippen LogP contribution < -0.4 is 0 Å². The molecule has 0 aliphatic carbocycles. The highest BCUT2D eigenvalue weighted by Gasteiger charge is 2.06. The van der Waals surface area contributed by atoms with Gasteiger partial charge in [0.25, 0.3) is 0 Å². The Hall–Kier alpha value is 0.220. The average molecular weight is 432 g/mol. The van der Waals surface area contributed by atoms with Gasteiger partial charge in [-0.15, -0.1) is 0 Å². The molecule has 0 aliphatic rings. The van der Waals surface area contributed by atoms with Crippen molar-refractivity contribution in [3.05, 3.63) is 48.2 Å². The lowest BCUT2D eigenvalue weighted by Crippen LogP contribution is -2.00. The molecule has 0 fully saturated rings. The molecule has 6 heteroatoms. The summed E-state index contributed by atoms with van der Waals surface area (Å²) in [5.41, 5.74) is 0.998. The van der Waals surface area contributed by atoms with Crippen LogP contribution in [0.1, 0.15) is 5.56 Å². The summed E-state index contributed by atoms with van der Waals surface area (Å²) < 4.78 is 3.75. The first-order valence-electron chi connectivity index (χ1n) is 4.38. The summed E-state index contributed by atoms with van der Waals surface area (Å²) in [5, 5.41) is 5.64. The molecule has 0 saturated carbocycles. The van der Waals surface area contributed by atoms with Crippen molar-refractivity contribution in [2.24, 2.45) is 0 Å². The van der Waals surface area contributed by atoms with Gasteiger partial charge < -0.3 is 0 Å². The van der Waals surface area contributed by atoms with Crippen LogP contribution in [-0.2, 0) is 6.54 Å². The summed E-state index contributed by atoms with van der Waals surface area (Å²) in [6, 6.07) is 5.47. The number of aromatic nitrogens is 2. The maximum absolute atomic E-state index is 6.09. The molecule has 1 aromatic carbocycles. The van der Waals surface area contributed by atoms with E-state index in [9.17, 15) is 0 Å². The van der Waals surface area contributed by atoms with E-state index in [4.69, 9.17) is 23.2 Å². The monoisotopic (exact) mass is 430 g/mol. The lowest BCUT2D eigenvalue weighted by atomic mass is 10.2. The molecular formula is C10H6BrCl2IN2. The van der Waals surface area contributed by atoms with E-state index in [1.54, 1.807) is 6.07 Å². The van der Waals surface area contributed by atoms with Crippen molar-refractivity contribution in [3.63, 3.8) is 0 Å². The molecule has 16 heavy (non-hydrogen) atoms. The molecule has 2 rings (SSSR count). The Bertz CT molecular complexity index is 508. The molecule has 0 amide bonds. The molecule has 0 radical (unpaired) electrons. The van der Waals surface area contributed by atoms with Crippen LogP contribution in [0.15, 0.2) is 28.9 Å². The Labute approximate surface area is 125 Å². The molecule has 0 unspecified atom stereocenters. The molecule has 0 bridgehead atoms. The zero-order chi connectivity index (χ0) is 11.7. The summed E-state index contributed by atoms with van der Waals surface area (Å²) in [6.07, 6.45) is 1.92. The topological polar surface area (TPSA) is 17.8 Å². The maximum Gasteiger partial charge on any atom is 0.137 e. The van der Waals surface area contributed by atoms with E-state index < -0.39 is 0 Å². The van der Waals surface area contributed by atoms with Gasteiger partial charge in [0.2, 0.25) is 0 Å². The third-order valence-corrected chi connectivity index (χ3v) is 4.73. The molecule has 0 saturated heterocycles. The Morgan fingerprint density at radius 3 is 2.69 bits per heavy atom. The third kappa shape index (κ3) is 2.91. The van der Waals surface area contributed by atoms with E-state index in [0.29, 0.717) is 16.6 Å². The fourth-order valence-corrected chi connectivity index (χ4v) is 2.48. The molecule has 1 heterocycles. The second-order valence-electron chi connectivity index (χ2n) is 3.20.